The molecule has 19 heavy (non-hydrogen) atoms. The summed E-state index contributed by atoms with van der Waals surface area (Å²) in [5.41, 5.74) is 0. The molecule has 0 aliphatic carbocycles. The minimum atomic E-state index is 0.0593. The first-order valence-electron chi connectivity index (χ1n) is 6.43. The Balaban J connectivity index is 1.48. The van der Waals surface area contributed by atoms with Gasteiger partial charge in [0.2, 0.25) is 5.91 Å². The first kappa shape index (κ1) is 11.9. The largest absolute Gasteiger partial charge is 0.352 e. The zero-order valence-electron chi connectivity index (χ0n) is 10.6. The Hall–Kier alpha value is -2.18. The molecule has 1 aliphatic rings. The number of hydrogen-bond acceptors (Lipinski definition) is 4. The zero-order valence-corrected chi connectivity index (χ0v) is 10.6. The van der Waals surface area contributed by atoms with E-state index in [0.29, 0.717) is 13.0 Å². The van der Waals surface area contributed by atoms with E-state index >= 15 is 0 Å². The van der Waals surface area contributed by atoms with Crippen LogP contribution in [0, 0.1) is 0 Å². The fourth-order valence-electron chi connectivity index (χ4n) is 2.35. The van der Waals surface area contributed by atoms with Crippen LogP contribution < -0.4 is 5.32 Å². The van der Waals surface area contributed by atoms with Crippen LogP contribution in [0.2, 0.25) is 0 Å². The standard InChI is InChI=1S/C12H16N6O/c19-12(3-5-18-9-13-8-15-18)16-10-1-2-11-14-4-6-17(11)7-10/h4,6,8-10H,1-3,5,7H2,(H,16,19)/t10-/m0/s1. The first-order valence-corrected chi connectivity index (χ1v) is 6.43. The Bertz CT molecular complexity index is 546. The van der Waals surface area contributed by atoms with Gasteiger partial charge in [-0.15, -0.1) is 0 Å². The van der Waals surface area contributed by atoms with Crippen LogP contribution in [-0.2, 0) is 24.3 Å². The molecule has 1 atom stereocenters. The summed E-state index contributed by atoms with van der Waals surface area (Å²) in [6.07, 6.45) is 9.16. The van der Waals surface area contributed by atoms with Gasteiger partial charge in [-0.05, 0) is 6.42 Å². The third kappa shape index (κ3) is 2.81. The molecular formula is C12H16N6O. The van der Waals surface area contributed by atoms with Crippen molar-refractivity contribution in [2.24, 2.45) is 0 Å². The lowest BCUT2D eigenvalue weighted by Gasteiger charge is -2.24. The molecular weight excluding hydrogens is 244 g/mol. The summed E-state index contributed by atoms with van der Waals surface area (Å²) in [4.78, 5) is 20.0. The molecule has 3 rings (SSSR count). The summed E-state index contributed by atoms with van der Waals surface area (Å²) in [5.74, 6) is 1.16. The van der Waals surface area contributed by atoms with E-state index in [1.165, 1.54) is 6.33 Å². The van der Waals surface area contributed by atoms with Crippen molar-refractivity contribution in [1.82, 2.24) is 29.6 Å². The summed E-state index contributed by atoms with van der Waals surface area (Å²) in [5, 5.41) is 7.03. The van der Waals surface area contributed by atoms with Crippen molar-refractivity contribution in [3.05, 3.63) is 30.9 Å². The summed E-state index contributed by atoms with van der Waals surface area (Å²) in [6, 6.07) is 0.199. The van der Waals surface area contributed by atoms with Gasteiger partial charge in [0.15, 0.2) is 0 Å². The summed E-state index contributed by atoms with van der Waals surface area (Å²) >= 11 is 0. The predicted molar refractivity (Wildman–Crippen MR) is 67.1 cm³/mol. The van der Waals surface area contributed by atoms with E-state index in [2.05, 4.69) is 25.0 Å². The lowest BCUT2D eigenvalue weighted by atomic mass is 10.1. The average Bonchev–Trinajstić information content (AvgIpc) is 3.07. The minimum absolute atomic E-state index is 0.0593. The molecule has 3 heterocycles. The van der Waals surface area contributed by atoms with Gasteiger partial charge in [-0.1, -0.05) is 0 Å². The second-order valence-electron chi connectivity index (χ2n) is 4.71. The topological polar surface area (TPSA) is 77.6 Å². The molecule has 2 aromatic heterocycles. The first-order chi connectivity index (χ1) is 9.31. The zero-order chi connectivity index (χ0) is 13.1. The van der Waals surface area contributed by atoms with Gasteiger partial charge in [0.25, 0.3) is 0 Å². The number of aryl methyl sites for hydroxylation is 2. The Labute approximate surface area is 110 Å². The van der Waals surface area contributed by atoms with E-state index in [0.717, 1.165) is 25.2 Å². The van der Waals surface area contributed by atoms with Crippen molar-refractivity contribution in [2.45, 2.75) is 38.4 Å². The van der Waals surface area contributed by atoms with Crippen molar-refractivity contribution < 1.29 is 4.79 Å². The molecule has 0 fully saturated rings. The second kappa shape index (κ2) is 5.21. The smallest absolute Gasteiger partial charge is 0.222 e. The van der Waals surface area contributed by atoms with Crippen LogP contribution in [0.25, 0.3) is 0 Å². The van der Waals surface area contributed by atoms with Crippen LogP contribution in [0.3, 0.4) is 0 Å². The maximum Gasteiger partial charge on any atom is 0.222 e. The van der Waals surface area contributed by atoms with E-state index in [9.17, 15) is 4.79 Å². The third-order valence-corrected chi connectivity index (χ3v) is 3.33. The Morgan fingerprint density at radius 2 is 2.47 bits per heavy atom. The Kier molecular flexibility index (Phi) is 3.26. The third-order valence-electron chi connectivity index (χ3n) is 3.33. The molecule has 0 unspecified atom stereocenters. The number of nitrogens with zero attached hydrogens (tertiary/aromatic N) is 5. The summed E-state index contributed by atoms with van der Waals surface area (Å²) < 4.78 is 3.76. The minimum Gasteiger partial charge on any atom is -0.352 e. The number of rotatable bonds is 4. The number of nitrogens with one attached hydrogen (secondary N) is 1. The number of aromatic nitrogens is 5. The van der Waals surface area contributed by atoms with Crippen molar-refractivity contribution in [3.63, 3.8) is 0 Å². The Morgan fingerprint density at radius 1 is 1.53 bits per heavy atom. The van der Waals surface area contributed by atoms with Crippen LogP contribution in [0.15, 0.2) is 25.0 Å². The number of carbonyl (C=O) groups is 1. The molecule has 0 radical (unpaired) electrons. The summed E-state index contributed by atoms with van der Waals surface area (Å²) in [6.45, 7) is 1.37. The van der Waals surface area contributed by atoms with E-state index in [4.69, 9.17) is 0 Å². The molecule has 7 nitrogen and oxygen atoms in total. The van der Waals surface area contributed by atoms with Crippen molar-refractivity contribution in [3.8, 4) is 0 Å². The van der Waals surface area contributed by atoms with Gasteiger partial charge >= 0.3 is 0 Å². The normalized spacial score (nSPS) is 18.0. The van der Waals surface area contributed by atoms with Crippen LogP contribution in [-0.4, -0.2) is 36.3 Å². The van der Waals surface area contributed by atoms with Gasteiger partial charge in [-0.25, -0.2) is 9.97 Å². The van der Waals surface area contributed by atoms with Crippen LogP contribution in [0.4, 0.5) is 0 Å². The van der Waals surface area contributed by atoms with E-state index in [-0.39, 0.29) is 11.9 Å². The van der Waals surface area contributed by atoms with E-state index < -0.39 is 0 Å². The highest BCUT2D eigenvalue weighted by atomic mass is 16.1. The van der Waals surface area contributed by atoms with Crippen molar-refractivity contribution in [1.29, 1.82) is 0 Å². The fraction of sp³-hybridized carbons (Fsp3) is 0.500. The quantitative estimate of drug-likeness (QED) is 0.839. The maximum atomic E-state index is 11.9. The Morgan fingerprint density at radius 3 is 3.32 bits per heavy atom. The fourth-order valence-corrected chi connectivity index (χ4v) is 2.35. The number of amides is 1. The molecule has 7 heteroatoms. The van der Waals surface area contributed by atoms with Gasteiger partial charge in [0.05, 0.1) is 6.54 Å². The molecule has 1 N–H and O–H groups in total. The van der Waals surface area contributed by atoms with Crippen LogP contribution in [0.1, 0.15) is 18.7 Å². The van der Waals surface area contributed by atoms with Gasteiger partial charge in [-0.2, -0.15) is 5.10 Å². The van der Waals surface area contributed by atoms with Gasteiger partial charge in [0, 0.05) is 37.8 Å². The van der Waals surface area contributed by atoms with Crippen LogP contribution in [0.5, 0.6) is 0 Å². The monoisotopic (exact) mass is 260 g/mol. The number of imidazole rings is 1. The van der Waals surface area contributed by atoms with E-state index in [1.807, 2.05) is 12.4 Å². The van der Waals surface area contributed by atoms with Crippen molar-refractivity contribution >= 4 is 5.91 Å². The number of hydrogen-bond donors (Lipinski definition) is 1. The van der Waals surface area contributed by atoms with Gasteiger partial charge < -0.3 is 9.88 Å². The van der Waals surface area contributed by atoms with Gasteiger partial charge in [0.1, 0.15) is 18.5 Å². The predicted octanol–water partition coefficient (Wildman–Crippen LogP) is -0.00410. The van der Waals surface area contributed by atoms with E-state index in [1.54, 1.807) is 11.0 Å². The lowest BCUT2D eigenvalue weighted by Crippen LogP contribution is -2.41. The lowest BCUT2D eigenvalue weighted by molar-refractivity contribution is -0.122. The molecule has 1 amide bonds. The molecule has 2 aromatic rings. The molecule has 0 bridgehead atoms. The molecule has 100 valence electrons. The molecule has 0 saturated heterocycles. The van der Waals surface area contributed by atoms with Gasteiger partial charge in [-0.3, -0.25) is 9.48 Å². The highest BCUT2D eigenvalue weighted by molar-refractivity contribution is 5.76. The SMILES string of the molecule is O=C(CCn1cncn1)N[C@H]1CCc2nccn2C1. The highest BCUT2D eigenvalue weighted by Crippen LogP contribution is 2.13. The number of fused-ring (bicyclic) bond motifs is 1. The maximum absolute atomic E-state index is 11.9. The summed E-state index contributed by atoms with van der Waals surface area (Å²) in [7, 11) is 0. The average molecular weight is 260 g/mol. The second-order valence-corrected chi connectivity index (χ2v) is 4.71. The van der Waals surface area contributed by atoms with Crippen molar-refractivity contribution in [2.75, 3.05) is 0 Å². The molecule has 0 saturated carbocycles. The number of carbonyl (C=O) groups excluding carboxylic acids is 1. The molecule has 1 aliphatic heterocycles. The van der Waals surface area contributed by atoms with Crippen LogP contribution >= 0.6 is 0 Å². The highest BCUT2D eigenvalue weighted by Gasteiger charge is 2.19. The molecule has 0 aromatic carbocycles. The molecule has 0 spiro atoms.